The van der Waals surface area contributed by atoms with E-state index in [4.69, 9.17) is 23.2 Å². The van der Waals surface area contributed by atoms with Gasteiger partial charge >= 0.3 is 0 Å². The predicted molar refractivity (Wildman–Crippen MR) is 85.6 cm³/mol. The number of hydrogen-bond acceptors (Lipinski definition) is 0. The van der Waals surface area contributed by atoms with Crippen LogP contribution in [0.25, 0.3) is 21.5 Å². The number of halogens is 2. The summed E-state index contributed by atoms with van der Waals surface area (Å²) < 4.78 is 0. The Balaban J connectivity index is 2.62. The van der Waals surface area contributed by atoms with Gasteiger partial charge in [0.15, 0.2) is 0 Å². The molecule has 0 unspecified atom stereocenters. The molecule has 0 aliphatic carbocycles. The Labute approximate surface area is 122 Å². The van der Waals surface area contributed by atoms with Crippen molar-refractivity contribution in [2.75, 3.05) is 0 Å². The predicted octanol–water partition coefficient (Wildman–Crippen LogP) is 6.42. The molecule has 0 heterocycles. The van der Waals surface area contributed by atoms with Crippen LogP contribution in [0.4, 0.5) is 0 Å². The molecule has 0 saturated carbocycles. The third kappa shape index (κ3) is 2.00. The zero-order chi connectivity index (χ0) is 13.6. The van der Waals surface area contributed by atoms with Crippen LogP contribution in [0.1, 0.15) is 25.3 Å². The molecular formula is C17H14Cl2. The fraction of sp³-hybridized carbons (Fsp3) is 0.176. The van der Waals surface area contributed by atoms with Gasteiger partial charge < -0.3 is 0 Å². The molecule has 3 aromatic rings. The van der Waals surface area contributed by atoms with E-state index in [1.54, 1.807) is 0 Å². The summed E-state index contributed by atoms with van der Waals surface area (Å²) in [6.07, 6.45) is 0. The smallest absolute Gasteiger partial charge is 0.0484 e. The van der Waals surface area contributed by atoms with Gasteiger partial charge in [0.1, 0.15) is 0 Å². The van der Waals surface area contributed by atoms with Crippen LogP contribution in [0.5, 0.6) is 0 Å². The molecule has 19 heavy (non-hydrogen) atoms. The minimum atomic E-state index is 0.420. The molecule has 0 aliphatic heterocycles. The van der Waals surface area contributed by atoms with Gasteiger partial charge in [0.05, 0.1) is 0 Å². The molecule has 0 spiro atoms. The van der Waals surface area contributed by atoms with E-state index in [0.29, 0.717) is 5.92 Å². The molecule has 96 valence electrons. The molecule has 0 amide bonds. The van der Waals surface area contributed by atoms with E-state index in [-0.39, 0.29) is 0 Å². The average Bonchev–Trinajstić information content (AvgIpc) is 2.37. The molecule has 0 fully saturated rings. The van der Waals surface area contributed by atoms with E-state index in [9.17, 15) is 0 Å². The van der Waals surface area contributed by atoms with Crippen LogP contribution in [-0.4, -0.2) is 0 Å². The highest BCUT2D eigenvalue weighted by atomic mass is 35.5. The third-order valence-corrected chi connectivity index (χ3v) is 4.21. The van der Waals surface area contributed by atoms with Crippen molar-refractivity contribution in [2.24, 2.45) is 0 Å². The van der Waals surface area contributed by atoms with Gasteiger partial charge in [-0.3, -0.25) is 0 Å². The Bertz CT molecular complexity index is 713. The molecule has 0 N–H and O–H groups in total. The topological polar surface area (TPSA) is 0 Å². The molecule has 0 nitrogen and oxygen atoms in total. The first-order valence-corrected chi connectivity index (χ1v) is 7.14. The molecule has 0 radical (unpaired) electrons. The number of benzene rings is 3. The number of fused-ring (bicyclic) bond motifs is 2. The molecule has 3 aromatic carbocycles. The van der Waals surface area contributed by atoms with Gasteiger partial charge in [-0.2, -0.15) is 0 Å². The lowest BCUT2D eigenvalue weighted by molar-refractivity contribution is 0.885. The molecule has 3 rings (SSSR count). The van der Waals surface area contributed by atoms with Gasteiger partial charge in [0, 0.05) is 20.8 Å². The monoisotopic (exact) mass is 288 g/mol. The van der Waals surface area contributed by atoms with Crippen LogP contribution in [0, 0.1) is 0 Å². The fourth-order valence-corrected chi connectivity index (χ4v) is 3.21. The van der Waals surface area contributed by atoms with Crippen LogP contribution >= 0.6 is 23.2 Å². The first-order valence-electron chi connectivity index (χ1n) is 6.39. The zero-order valence-electron chi connectivity index (χ0n) is 10.9. The van der Waals surface area contributed by atoms with Crippen molar-refractivity contribution < 1.29 is 0 Å². The van der Waals surface area contributed by atoms with Crippen molar-refractivity contribution in [3.63, 3.8) is 0 Å². The van der Waals surface area contributed by atoms with Crippen molar-refractivity contribution in [3.05, 3.63) is 58.1 Å². The van der Waals surface area contributed by atoms with E-state index < -0.39 is 0 Å². The normalized spacial score (nSPS) is 11.6. The highest BCUT2D eigenvalue weighted by molar-refractivity contribution is 6.38. The Morgan fingerprint density at radius 1 is 0.737 bits per heavy atom. The molecule has 0 saturated heterocycles. The van der Waals surface area contributed by atoms with Crippen LogP contribution in [0.3, 0.4) is 0 Å². The van der Waals surface area contributed by atoms with Crippen molar-refractivity contribution in [1.29, 1.82) is 0 Å². The minimum absolute atomic E-state index is 0.420. The quantitative estimate of drug-likeness (QED) is 0.453. The maximum absolute atomic E-state index is 6.34. The van der Waals surface area contributed by atoms with Gasteiger partial charge in [-0.1, -0.05) is 61.3 Å². The molecule has 0 atom stereocenters. The summed E-state index contributed by atoms with van der Waals surface area (Å²) in [4.78, 5) is 0. The second-order valence-electron chi connectivity index (χ2n) is 5.11. The first kappa shape index (κ1) is 12.8. The Kier molecular flexibility index (Phi) is 3.16. The van der Waals surface area contributed by atoms with E-state index >= 15 is 0 Å². The van der Waals surface area contributed by atoms with E-state index in [1.807, 2.05) is 24.3 Å². The number of hydrogen-bond donors (Lipinski definition) is 0. The van der Waals surface area contributed by atoms with Crippen molar-refractivity contribution in [1.82, 2.24) is 0 Å². The van der Waals surface area contributed by atoms with Gasteiger partial charge in [-0.05, 0) is 40.5 Å². The molecular weight excluding hydrogens is 275 g/mol. The standard InChI is InChI=1S/C17H14Cl2/c1-10(2)17-11-5-3-7-15(18)13(11)9-14-12(17)6-4-8-16(14)19/h3-10H,1-2H3. The van der Waals surface area contributed by atoms with Crippen molar-refractivity contribution in [2.45, 2.75) is 19.8 Å². The van der Waals surface area contributed by atoms with Crippen LogP contribution in [0.15, 0.2) is 42.5 Å². The molecule has 0 aromatic heterocycles. The average molecular weight is 289 g/mol. The summed E-state index contributed by atoms with van der Waals surface area (Å²) in [5, 5.41) is 6.15. The Hall–Kier alpha value is -1.24. The molecule has 0 aliphatic rings. The first-order chi connectivity index (χ1) is 9.09. The third-order valence-electron chi connectivity index (χ3n) is 3.55. The van der Waals surface area contributed by atoms with Gasteiger partial charge in [-0.15, -0.1) is 0 Å². The summed E-state index contributed by atoms with van der Waals surface area (Å²) in [6, 6.07) is 14.2. The fourth-order valence-electron chi connectivity index (χ4n) is 2.75. The molecule has 0 bridgehead atoms. The Morgan fingerprint density at radius 3 is 1.63 bits per heavy atom. The van der Waals surface area contributed by atoms with Gasteiger partial charge in [0.25, 0.3) is 0 Å². The maximum Gasteiger partial charge on any atom is 0.0484 e. The highest BCUT2D eigenvalue weighted by Crippen LogP contribution is 2.38. The lowest BCUT2D eigenvalue weighted by Gasteiger charge is -2.16. The maximum atomic E-state index is 6.34. The van der Waals surface area contributed by atoms with Crippen LogP contribution in [0.2, 0.25) is 10.0 Å². The van der Waals surface area contributed by atoms with Crippen LogP contribution < -0.4 is 0 Å². The summed E-state index contributed by atoms with van der Waals surface area (Å²) >= 11 is 12.7. The number of rotatable bonds is 1. The van der Waals surface area contributed by atoms with E-state index in [0.717, 1.165) is 20.8 Å². The van der Waals surface area contributed by atoms with Gasteiger partial charge in [0.2, 0.25) is 0 Å². The second-order valence-corrected chi connectivity index (χ2v) is 5.93. The summed E-state index contributed by atoms with van der Waals surface area (Å²) in [6.45, 7) is 4.41. The SMILES string of the molecule is CC(C)c1c2cccc(Cl)c2cc2c(Cl)cccc12. The van der Waals surface area contributed by atoms with Crippen LogP contribution in [-0.2, 0) is 0 Å². The lowest BCUT2D eigenvalue weighted by atomic mass is 9.90. The summed E-state index contributed by atoms with van der Waals surface area (Å²) in [5.41, 5.74) is 1.32. The van der Waals surface area contributed by atoms with Gasteiger partial charge in [-0.25, -0.2) is 0 Å². The minimum Gasteiger partial charge on any atom is -0.0837 e. The van der Waals surface area contributed by atoms with Crippen molar-refractivity contribution in [3.8, 4) is 0 Å². The largest absolute Gasteiger partial charge is 0.0837 e. The van der Waals surface area contributed by atoms with E-state index in [2.05, 4.69) is 32.0 Å². The van der Waals surface area contributed by atoms with E-state index in [1.165, 1.54) is 16.3 Å². The Morgan fingerprint density at radius 2 is 1.21 bits per heavy atom. The lowest BCUT2D eigenvalue weighted by Crippen LogP contribution is -1.93. The zero-order valence-corrected chi connectivity index (χ0v) is 12.4. The van der Waals surface area contributed by atoms with Crippen molar-refractivity contribution >= 4 is 44.7 Å². The second kappa shape index (κ2) is 4.70. The summed E-state index contributed by atoms with van der Waals surface area (Å²) in [5.74, 6) is 0.420. The summed E-state index contributed by atoms with van der Waals surface area (Å²) in [7, 11) is 0. The molecule has 2 heteroatoms. The highest BCUT2D eigenvalue weighted by Gasteiger charge is 2.13.